The van der Waals surface area contributed by atoms with Gasteiger partial charge in [-0.25, -0.2) is 14.3 Å². The highest BCUT2D eigenvalue weighted by Crippen LogP contribution is 2.25. The second-order valence-corrected chi connectivity index (χ2v) is 8.67. The van der Waals surface area contributed by atoms with E-state index in [0.29, 0.717) is 25.4 Å². The van der Waals surface area contributed by atoms with Gasteiger partial charge in [0.2, 0.25) is 5.91 Å². The van der Waals surface area contributed by atoms with E-state index in [-0.39, 0.29) is 12.2 Å². The number of hydrogen-bond donors (Lipinski definition) is 1. The molecular weight excluding hydrogens is 444 g/mol. The Morgan fingerprint density at radius 2 is 1.83 bits per heavy atom. The zero-order valence-corrected chi connectivity index (χ0v) is 18.1. The number of carbonyl (C=O) groups excluding carboxylic acids is 1. The van der Waals surface area contributed by atoms with E-state index in [4.69, 9.17) is 11.6 Å². The molecule has 7 nitrogen and oxygen atoms in total. The number of nitrogens with zero attached hydrogens (tertiary/aromatic N) is 3. The number of carbonyl (C=O) groups is 1. The molecule has 0 aliphatic carbocycles. The lowest BCUT2D eigenvalue weighted by atomic mass is 10.3. The summed E-state index contributed by atoms with van der Waals surface area (Å²) < 4.78 is 3.22. The minimum Gasteiger partial charge on any atom is -0.323 e. The van der Waals surface area contributed by atoms with E-state index in [2.05, 4.69) is 10.3 Å². The van der Waals surface area contributed by atoms with E-state index in [1.165, 1.54) is 27.7 Å². The molecule has 1 N–H and O–H groups in total. The molecule has 30 heavy (non-hydrogen) atoms. The minimum absolute atomic E-state index is 0.195. The summed E-state index contributed by atoms with van der Waals surface area (Å²) in [6.07, 6.45) is 1.83. The summed E-state index contributed by atoms with van der Waals surface area (Å²) in [4.78, 5) is 43.4. The summed E-state index contributed by atoms with van der Waals surface area (Å²) in [5.41, 5.74) is -0.0322. The summed E-state index contributed by atoms with van der Waals surface area (Å²) >= 11 is 8.67. The molecule has 4 rings (SSSR count). The van der Waals surface area contributed by atoms with E-state index >= 15 is 0 Å². The van der Waals surface area contributed by atoms with Crippen molar-refractivity contribution in [3.8, 4) is 5.69 Å². The predicted molar refractivity (Wildman–Crippen MR) is 121 cm³/mol. The van der Waals surface area contributed by atoms with Gasteiger partial charge in [0.1, 0.15) is 11.2 Å². The number of thioether (sulfide) groups is 1. The Kier molecular flexibility index (Phi) is 5.76. The molecule has 0 atom stereocenters. The van der Waals surface area contributed by atoms with Crippen LogP contribution in [0.4, 0.5) is 5.69 Å². The molecule has 1 amide bonds. The summed E-state index contributed by atoms with van der Waals surface area (Å²) in [5.74, 6) is -0.455. The lowest BCUT2D eigenvalue weighted by Crippen LogP contribution is -2.40. The highest BCUT2D eigenvalue weighted by Gasteiger charge is 2.20. The van der Waals surface area contributed by atoms with Gasteiger partial charge in [0, 0.05) is 0 Å². The van der Waals surface area contributed by atoms with E-state index < -0.39 is 17.2 Å². The van der Waals surface area contributed by atoms with Crippen LogP contribution in [0.3, 0.4) is 0 Å². The van der Waals surface area contributed by atoms with Crippen molar-refractivity contribution in [3.05, 3.63) is 80.5 Å². The number of benzene rings is 2. The predicted octanol–water partition coefficient (Wildman–Crippen LogP) is 3.62. The average molecular weight is 459 g/mol. The zero-order valence-electron chi connectivity index (χ0n) is 15.7. The molecule has 2 heterocycles. The molecule has 0 saturated heterocycles. The first kappa shape index (κ1) is 20.4. The highest BCUT2D eigenvalue weighted by molar-refractivity contribution is 8.00. The normalized spacial score (nSPS) is 11.0. The molecule has 0 fully saturated rings. The van der Waals surface area contributed by atoms with Gasteiger partial charge in [-0.05, 0) is 30.5 Å². The van der Waals surface area contributed by atoms with Crippen molar-refractivity contribution in [2.75, 3.05) is 11.6 Å². The Labute approximate surface area is 184 Å². The Morgan fingerprint density at radius 3 is 2.53 bits per heavy atom. The number of rotatable bonds is 5. The SMILES string of the molecule is CSc1nc2c(s1)c(=O)n(-c1ccccc1)c(=O)n2CC(=O)Nc1ccccc1Cl. The van der Waals surface area contributed by atoms with Crippen LogP contribution in [0.1, 0.15) is 0 Å². The number of fused-ring (bicyclic) bond motifs is 1. The molecule has 0 aliphatic heterocycles. The second-order valence-electron chi connectivity index (χ2n) is 6.21. The van der Waals surface area contributed by atoms with Crippen LogP contribution in [0.5, 0.6) is 0 Å². The summed E-state index contributed by atoms with van der Waals surface area (Å²) in [6.45, 7) is -0.314. The van der Waals surface area contributed by atoms with Gasteiger partial charge in [0.05, 0.1) is 16.4 Å². The first-order valence-electron chi connectivity index (χ1n) is 8.80. The van der Waals surface area contributed by atoms with Crippen LogP contribution in [0.15, 0.2) is 68.5 Å². The van der Waals surface area contributed by atoms with Gasteiger partial charge in [-0.3, -0.25) is 14.2 Å². The fraction of sp³-hybridized carbons (Fsp3) is 0.100. The summed E-state index contributed by atoms with van der Waals surface area (Å²) in [6, 6.07) is 15.4. The topological polar surface area (TPSA) is 86.0 Å². The largest absolute Gasteiger partial charge is 0.337 e. The van der Waals surface area contributed by atoms with Crippen LogP contribution in [0, 0.1) is 0 Å². The van der Waals surface area contributed by atoms with Gasteiger partial charge in [-0.2, -0.15) is 0 Å². The zero-order chi connectivity index (χ0) is 21.3. The van der Waals surface area contributed by atoms with Gasteiger partial charge in [-0.1, -0.05) is 53.7 Å². The summed E-state index contributed by atoms with van der Waals surface area (Å²) in [5, 5.41) is 3.08. The molecule has 2 aromatic heterocycles. The van der Waals surface area contributed by atoms with Gasteiger partial charge >= 0.3 is 5.69 Å². The van der Waals surface area contributed by atoms with Crippen molar-refractivity contribution in [3.63, 3.8) is 0 Å². The van der Waals surface area contributed by atoms with Crippen molar-refractivity contribution in [1.82, 2.24) is 14.1 Å². The third-order valence-electron chi connectivity index (χ3n) is 4.30. The van der Waals surface area contributed by atoms with Crippen LogP contribution < -0.4 is 16.6 Å². The standard InChI is InChI=1S/C20H15ClN4O3S2/c1-29-19-23-17-16(30-19)18(27)25(12-7-3-2-4-8-12)20(28)24(17)11-15(26)22-14-10-6-5-9-13(14)21/h2-10H,11H2,1H3,(H,22,26). The van der Waals surface area contributed by atoms with Crippen molar-refractivity contribution < 1.29 is 4.79 Å². The molecule has 0 radical (unpaired) electrons. The third-order valence-corrected chi connectivity index (χ3v) is 6.65. The Balaban J connectivity index is 1.85. The van der Waals surface area contributed by atoms with E-state index in [1.54, 1.807) is 54.6 Å². The number of para-hydroxylation sites is 2. The van der Waals surface area contributed by atoms with Crippen LogP contribution >= 0.6 is 34.7 Å². The van der Waals surface area contributed by atoms with Gasteiger partial charge in [-0.15, -0.1) is 11.3 Å². The number of hydrogen-bond acceptors (Lipinski definition) is 6. The Morgan fingerprint density at radius 1 is 1.13 bits per heavy atom. The number of amides is 1. The van der Waals surface area contributed by atoms with Gasteiger partial charge in [0.15, 0.2) is 9.99 Å². The molecule has 0 spiro atoms. The maximum atomic E-state index is 13.2. The van der Waals surface area contributed by atoms with Crippen molar-refractivity contribution in [1.29, 1.82) is 0 Å². The lowest BCUT2D eigenvalue weighted by Gasteiger charge is -2.12. The van der Waals surface area contributed by atoms with Crippen molar-refractivity contribution >= 4 is 56.6 Å². The molecule has 152 valence electrons. The second kappa shape index (κ2) is 8.47. The maximum Gasteiger partial charge on any atom is 0.337 e. The van der Waals surface area contributed by atoms with Crippen LogP contribution in [-0.4, -0.2) is 26.3 Å². The van der Waals surface area contributed by atoms with Crippen LogP contribution in [0.2, 0.25) is 5.02 Å². The molecular formula is C20H15ClN4O3S2. The van der Waals surface area contributed by atoms with Crippen molar-refractivity contribution in [2.45, 2.75) is 10.9 Å². The number of halogens is 1. The van der Waals surface area contributed by atoms with Crippen LogP contribution in [0.25, 0.3) is 16.0 Å². The number of aromatic nitrogens is 3. The molecule has 0 aliphatic rings. The monoisotopic (exact) mass is 458 g/mol. The van der Waals surface area contributed by atoms with E-state index in [1.807, 2.05) is 6.26 Å². The van der Waals surface area contributed by atoms with E-state index in [9.17, 15) is 14.4 Å². The smallest absolute Gasteiger partial charge is 0.323 e. The Bertz CT molecular complexity index is 1360. The molecule has 2 aromatic carbocycles. The number of thiazole rings is 1. The van der Waals surface area contributed by atoms with Gasteiger partial charge in [0.25, 0.3) is 5.56 Å². The third kappa shape index (κ3) is 3.79. The quantitative estimate of drug-likeness (QED) is 0.461. The summed E-state index contributed by atoms with van der Waals surface area (Å²) in [7, 11) is 0. The fourth-order valence-corrected chi connectivity index (χ4v) is 4.62. The Hall–Kier alpha value is -2.88. The van der Waals surface area contributed by atoms with Crippen molar-refractivity contribution in [2.24, 2.45) is 0 Å². The average Bonchev–Trinajstić information content (AvgIpc) is 3.19. The van der Waals surface area contributed by atoms with E-state index in [0.717, 1.165) is 4.57 Å². The molecule has 0 bridgehead atoms. The molecule has 0 unspecified atom stereocenters. The maximum absolute atomic E-state index is 13.2. The molecule has 4 aromatic rings. The first-order chi connectivity index (χ1) is 14.5. The number of nitrogens with one attached hydrogen (secondary N) is 1. The highest BCUT2D eigenvalue weighted by atomic mass is 35.5. The minimum atomic E-state index is -0.633. The first-order valence-corrected chi connectivity index (χ1v) is 11.2. The number of anilines is 1. The lowest BCUT2D eigenvalue weighted by molar-refractivity contribution is -0.116. The fourth-order valence-electron chi connectivity index (χ4n) is 2.95. The molecule has 0 saturated carbocycles. The molecule has 10 heteroatoms. The van der Waals surface area contributed by atoms with Crippen LogP contribution in [-0.2, 0) is 11.3 Å². The van der Waals surface area contributed by atoms with Gasteiger partial charge < -0.3 is 5.32 Å².